The second-order valence-corrected chi connectivity index (χ2v) is 6.47. The molecule has 0 bridgehead atoms. The largest absolute Gasteiger partial charge is 0.383 e. The van der Waals surface area contributed by atoms with E-state index in [4.69, 9.17) is 16.3 Å². The number of nitrogens with zero attached hydrogens (tertiary/aromatic N) is 3. The average Bonchev–Trinajstić information content (AvgIpc) is 2.89. The van der Waals surface area contributed by atoms with Crippen LogP contribution in [0.25, 0.3) is 0 Å². The van der Waals surface area contributed by atoms with Gasteiger partial charge in [-0.05, 0) is 12.8 Å². The summed E-state index contributed by atoms with van der Waals surface area (Å²) in [4.78, 5) is 6.84. The minimum absolute atomic E-state index is 0.739. The van der Waals surface area contributed by atoms with Gasteiger partial charge in [-0.15, -0.1) is 0 Å². The van der Waals surface area contributed by atoms with E-state index in [2.05, 4.69) is 21.2 Å². The molecule has 0 unspecified atom stereocenters. The van der Waals surface area contributed by atoms with Gasteiger partial charge in [-0.25, -0.2) is 9.30 Å². The van der Waals surface area contributed by atoms with Crippen molar-refractivity contribution in [3.63, 3.8) is 0 Å². The Balaban J connectivity index is 2.07. The molecular formula is C13H22ClN3OS. The normalized spacial score (nSPS) is 20.9. The standard InChI is InChI=1S/C13H22ClN3OS/c1-16(7-8-18-2)12-4-5-13(14)15-11(12)10-17-6-3-9-19-17/h3-10H2,1-2H3. The van der Waals surface area contributed by atoms with Gasteiger partial charge < -0.3 is 9.64 Å². The summed E-state index contributed by atoms with van der Waals surface area (Å²) in [6.07, 6.45) is 3.10. The van der Waals surface area contributed by atoms with Crippen LogP contribution in [0.2, 0.25) is 0 Å². The monoisotopic (exact) mass is 303 g/mol. The van der Waals surface area contributed by atoms with Crippen LogP contribution in [-0.2, 0) is 4.74 Å². The number of methoxy groups -OCH3 is 1. The Kier molecular flexibility index (Phi) is 6.01. The van der Waals surface area contributed by atoms with Gasteiger partial charge in [0.2, 0.25) is 0 Å². The summed E-state index contributed by atoms with van der Waals surface area (Å²) in [5.41, 5.74) is 2.44. The third-order valence-electron chi connectivity index (χ3n) is 3.40. The van der Waals surface area contributed by atoms with E-state index in [1.54, 1.807) is 7.11 Å². The number of likely N-dealkylation sites (N-methyl/N-ethyl adjacent to an activating group) is 1. The van der Waals surface area contributed by atoms with E-state index in [-0.39, 0.29) is 0 Å². The highest BCUT2D eigenvalue weighted by Crippen LogP contribution is 2.28. The predicted molar refractivity (Wildman–Crippen MR) is 82.7 cm³/mol. The number of hydrogen-bond donors (Lipinski definition) is 0. The first-order chi connectivity index (χ1) is 9.20. The molecule has 0 radical (unpaired) electrons. The Bertz CT molecular complexity index is 367. The van der Waals surface area contributed by atoms with Crippen molar-refractivity contribution in [2.24, 2.45) is 4.99 Å². The first kappa shape index (κ1) is 15.2. The zero-order chi connectivity index (χ0) is 13.7. The first-order valence-corrected chi connectivity index (χ1v) is 8.05. The molecule has 2 aliphatic heterocycles. The lowest BCUT2D eigenvalue weighted by Gasteiger charge is -2.28. The van der Waals surface area contributed by atoms with Crippen LogP contribution in [0.15, 0.2) is 16.4 Å². The number of aliphatic imine (C=N–C) groups is 1. The quantitative estimate of drug-likeness (QED) is 0.705. The van der Waals surface area contributed by atoms with Gasteiger partial charge >= 0.3 is 0 Å². The van der Waals surface area contributed by atoms with Gasteiger partial charge in [-0.1, -0.05) is 23.5 Å². The second-order valence-electron chi connectivity index (χ2n) is 4.85. The highest BCUT2D eigenvalue weighted by atomic mass is 35.5. The van der Waals surface area contributed by atoms with Crippen molar-refractivity contribution >= 4 is 28.7 Å². The Hall–Kier alpha value is -0.230. The molecule has 4 nitrogen and oxygen atoms in total. The molecule has 0 N–H and O–H groups in total. The van der Waals surface area contributed by atoms with Crippen LogP contribution in [0.5, 0.6) is 0 Å². The second kappa shape index (κ2) is 7.53. The number of halogens is 1. The number of allylic oxidation sites excluding steroid dienone is 1. The Morgan fingerprint density at radius 2 is 2.32 bits per heavy atom. The van der Waals surface area contributed by atoms with Gasteiger partial charge in [0.25, 0.3) is 0 Å². The van der Waals surface area contributed by atoms with Gasteiger partial charge in [0.1, 0.15) is 5.17 Å². The average molecular weight is 304 g/mol. The van der Waals surface area contributed by atoms with Crippen LogP contribution in [0.4, 0.5) is 0 Å². The summed E-state index contributed by atoms with van der Waals surface area (Å²) in [5, 5.41) is 0.739. The molecule has 0 aromatic heterocycles. The Morgan fingerprint density at radius 3 is 3.00 bits per heavy atom. The van der Waals surface area contributed by atoms with Crippen molar-refractivity contribution in [2.75, 3.05) is 46.2 Å². The van der Waals surface area contributed by atoms with Crippen molar-refractivity contribution in [1.82, 2.24) is 9.21 Å². The predicted octanol–water partition coefficient (Wildman–Crippen LogP) is 2.56. The summed E-state index contributed by atoms with van der Waals surface area (Å²) in [5.74, 6) is 1.22. The molecule has 1 saturated heterocycles. The van der Waals surface area contributed by atoms with E-state index in [0.29, 0.717) is 0 Å². The third kappa shape index (κ3) is 4.38. The van der Waals surface area contributed by atoms with Crippen LogP contribution in [-0.4, -0.2) is 60.5 Å². The van der Waals surface area contributed by atoms with E-state index in [0.717, 1.165) is 50.0 Å². The lowest BCUT2D eigenvalue weighted by atomic mass is 10.1. The SMILES string of the molecule is COCCN(C)C1=C(CN2CCCS2)N=C(Cl)CC1. The Labute approximate surface area is 125 Å². The van der Waals surface area contributed by atoms with Gasteiger partial charge in [0.15, 0.2) is 0 Å². The topological polar surface area (TPSA) is 28.1 Å². The van der Waals surface area contributed by atoms with Crippen LogP contribution < -0.4 is 0 Å². The van der Waals surface area contributed by atoms with Crippen LogP contribution in [0, 0.1) is 0 Å². The zero-order valence-corrected chi connectivity index (χ0v) is 13.3. The highest BCUT2D eigenvalue weighted by molar-refractivity contribution is 7.97. The van der Waals surface area contributed by atoms with Crippen molar-refractivity contribution < 1.29 is 4.74 Å². The molecule has 0 saturated carbocycles. The highest BCUT2D eigenvalue weighted by Gasteiger charge is 2.21. The minimum atomic E-state index is 0.739. The number of rotatable bonds is 6. The van der Waals surface area contributed by atoms with Crippen molar-refractivity contribution in [3.8, 4) is 0 Å². The molecule has 108 valence electrons. The molecule has 0 aromatic rings. The van der Waals surface area contributed by atoms with Gasteiger partial charge in [0.05, 0.1) is 18.8 Å². The molecule has 2 aliphatic rings. The van der Waals surface area contributed by atoms with Crippen LogP contribution in [0.3, 0.4) is 0 Å². The van der Waals surface area contributed by atoms with Crippen molar-refractivity contribution in [2.45, 2.75) is 19.3 Å². The van der Waals surface area contributed by atoms with Crippen molar-refractivity contribution in [3.05, 3.63) is 11.4 Å². The molecule has 0 spiro atoms. The molecule has 0 atom stereocenters. The zero-order valence-electron chi connectivity index (χ0n) is 11.7. The van der Waals surface area contributed by atoms with Gasteiger partial charge in [-0.2, -0.15) is 0 Å². The summed E-state index contributed by atoms with van der Waals surface area (Å²) in [6, 6.07) is 0. The summed E-state index contributed by atoms with van der Waals surface area (Å²) in [6.45, 7) is 3.68. The summed E-state index contributed by atoms with van der Waals surface area (Å²) >= 11 is 8.03. The molecule has 0 aliphatic carbocycles. The smallest absolute Gasteiger partial charge is 0.107 e. The van der Waals surface area contributed by atoms with E-state index < -0.39 is 0 Å². The van der Waals surface area contributed by atoms with Crippen LogP contribution in [0.1, 0.15) is 19.3 Å². The lowest BCUT2D eigenvalue weighted by Crippen LogP contribution is -2.28. The van der Waals surface area contributed by atoms with E-state index in [1.165, 1.54) is 17.9 Å². The maximum Gasteiger partial charge on any atom is 0.107 e. The molecule has 0 amide bonds. The molecular weight excluding hydrogens is 282 g/mol. The number of hydrogen-bond acceptors (Lipinski definition) is 5. The minimum Gasteiger partial charge on any atom is -0.383 e. The summed E-state index contributed by atoms with van der Waals surface area (Å²) < 4.78 is 7.54. The fourth-order valence-corrected chi connectivity index (χ4v) is 3.51. The fourth-order valence-electron chi connectivity index (χ4n) is 2.32. The third-order valence-corrected chi connectivity index (χ3v) is 4.82. The van der Waals surface area contributed by atoms with Crippen molar-refractivity contribution in [1.29, 1.82) is 0 Å². The molecule has 1 fully saturated rings. The first-order valence-electron chi connectivity index (χ1n) is 6.73. The van der Waals surface area contributed by atoms with E-state index in [1.807, 2.05) is 11.9 Å². The Morgan fingerprint density at radius 1 is 1.47 bits per heavy atom. The maximum absolute atomic E-state index is 6.12. The fraction of sp³-hybridized carbons (Fsp3) is 0.769. The lowest BCUT2D eigenvalue weighted by molar-refractivity contribution is 0.171. The van der Waals surface area contributed by atoms with Crippen LogP contribution >= 0.6 is 23.5 Å². The van der Waals surface area contributed by atoms with Gasteiger partial charge in [0, 0.05) is 45.1 Å². The van der Waals surface area contributed by atoms with E-state index >= 15 is 0 Å². The number of ether oxygens (including phenoxy) is 1. The molecule has 2 heterocycles. The maximum atomic E-state index is 6.12. The molecule has 6 heteroatoms. The molecule has 19 heavy (non-hydrogen) atoms. The summed E-state index contributed by atoms with van der Waals surface area (Å²) in [7, 11) is 3.85. The molecule has 2 rings (SSSR count). The van der Waals surface area contributed by atoms with E-state index in [9.17, 15) is 0 Å². The van der Waals surface area contributed by atoms with Gasteiger partial charge in [-0.3, -0.25) is 0 Å². The molecule has 0 aromatic carbocycles.